The lowest BCUT2D eigenvalue weighted by molar-refractivity contribution is -0.388. The number of aromatic nitrogens is 1. The number of rotatable bonds is 4. The van der Waals surface area contributed by atoms with E-state index in [1.807, 2.05) is 0 Å². The molecule has 0 aliphatic heterocycles. The Labute approximate surface area is 96.6 Å². The van der Waals surface area contributed by atoms with Crippen LogP contribution in [-0.2, 0) is 9.84 Å². The molecule has 0 saturated heterocycles. The molecule has 0 bridgehead atoms. The van der Waals surface area contributed by atoms with Gasteiger partial charge in [0.05, 0.1) is 10.7 Å². The van der Waals surface area contributed by atoms with Crippen molar-refractivity contribution in [2.75, 3.05) is 5.75 Å². The number of nitrogens with zero attached hydrogens (tertiary/aromatic N) is 2. The van der Waals surface area contributed by atoms with Crippen LogP contribution in [0.4, 0.5) is 5.69 Å². The highest BCUT2D eigenvalue weighted by molar-refractivity contribution is 7.91. The van der Waals surface area contributed by atoms with Gasteiger partial charge in [0.25, 0.3) is 0 Å². The summed E-state index contributed by atoms with van der Waals surface area (Å²) in [5, 5.41) is 9.86. The Morgan fingerprint density at radius 3 is 2.69 bits per heavy atom. The van der Waals surface area contributed by atoms with Crippen LogP contribution in [-0.4, -0.2) is 24.1 Å². The SMILES string of the molecule is C=CCS(=O)(=O)c1nc(Cl)ccc1[N+](=O)[O-]. The van der Waals surface area contributed by atoms with Crippen LogP contribution in [0, 0.1) is 10.1 Å². The molecule has 0 atom stereocenters. The van der Waals surface area contributed by atoms with Crippen LogP contribution in [0.3, 0.4) is 0 Å². The van der Waals surface area contributed by atoms with Crippen molar-refractivity contribution in [3.05, 3.63) is 40.1 Å². The van der Waals surface area contributed by atoms with Gasteiger partial charge in [0, 0.05) is 6.07 Å². The Morgan fingerprint density at radius 2 is 2.19 bits per heavy atom. The second-order valence-electron chi connectivity index (χ2n) is 2.79. The standard InChI is InChI=1S/C8H7ClN2O4S/c1-2-5-16(14,15)8-6(11(12)13)3-4-7(9)10-8/h2-4H,1,5H2. The number of hydrogen-bond donors (Lipinski definition) is 0. The summed E-state index contributed by atoms with van der Waals surface area (Å²) in [6.45, 7) is 3.26. The van der Waals surface area contributed by atoms with Gasteiger partial charge in [0.1, 0.15) is 5.15 Å². The molecular weight excluding hydrogens is 256 g/mol. The maximum absolute atomic E-state index is 11.6. The van der Waals surface area contributed by atoms with E-state index in [-0.39, 0.29) is 5.15 Å². The normalized spacial score (nSPS) is 11.1. The second kappa shape index (κ2) is 4.58. The van der Waals surface area contributed by atoms with Gasteiger partial charge in [0.15, 0.2) is 0 Å². The molecule has 0 radical (unpaired) electrons. The first-order valence-corrected chi connectivity index (χ1v) is 6.06. The molecule has 0 fully saturated rings. The molecule has 0 aromatic carbocycles. The van der Waals surface area contributed by atoms with Gasteiger partial charge < -0.3 is 0 Å². The monoisotopic (exact) mass is 262 g/mol. The van der Waals surface area contributed by atoms with E-state index in [9.17, 15) is 18.5 Å². The Balaban J connectivity index is 3.47. The maximum atomic E-state index is 11.6. The summed E-state index contributed by atoms with van der Waals surface area (Å²) < 4.78 is 23.2. The third-order valence-electron chi connectivity index (χ3n) is 1.63. The predicted octanol–water partition coefficient (Wildman–Crippen LogP) is 1.60. The van der Waals surface area contributed by atoms with Gasteiger partial charge in [-0.15, -0.1) is 6.58 Å². The summed E-state index contributed by atoms with van der Waals surface area (Å²) in [5.41, 5.74) is -0.591. The molecule has 0 saturated carbocycles. The van der Waals surface area contributed by atoms with Crippen LogP contribution >= 0.6 is 11.6 Å². The average molecular weight is 263 g/mol. The number of halogens is 1. The Morgan fingerprint density at radius 1 is 1.56 bits per heavy atom. The van der Waals surface area contributed by atoms with E-state index in [0.717, 1.165) is 18.2 Å². The lowest BCUT2D eigenvalue weighted by Gasteiger charge is -2.02. The zero-order chi connectivity index (χ0) is 12.3. The maximum Gasteiger partial charge on any atom is 0.306 e. The van der Waals surface area contributed by atoms with Crippen molar-refractivity contribution < 1.29 is 13.3 Å². The molecule has 0 unspecified atom stereocenters. The molecular formula is C8H7ClN2O4S. The molecule has 0 aliphatic carbocycles. The van der Waals surface area contributed by atoms with E-state index >= 15 is 0 Å². The first kappa shape index (κ1) is 12.6. The van der Waals surface area contributed by atoms with E-state index in [0.29, 0.717) is 0 Å². The molecule has 1 heterocycles. The van der Waals surface area contributed by atoms with E-state index in [1.54, 1.807) is 0 Å². The van der Waals surface area contributed by atoms with Crippen molar-refractivity contribution in [3.63, 3.8) is 0 Å². The Bertz CT molecular complexity index is 541. The molecule has 1 aromatic heterocycles. The van der Waals surface area contributed by atoms with E-state index in [2.05, 4.69) is 11.6 Å². The predicted molar refractivity (Wildman–Crippen MR) is 58.2 cm³/mol. The summed E-state index contributed by atoms with van der Waals surface area (Å²) in [5.74, 6) is -0.429. The topological polar surface area (TPSA) is 90.2 Å². The van der Waals surface area contributed by atoms with Gasteiger partial charge in [0.2, 0.25) is 14.9 Å². The molecule has 8 heteroatoms. The average Bonchev–Trinajstić information content (AvgIpc) is 2.17. The molecule has 0 aliphatic rings. The van der Waals surface area contributed by atoms with Crippen LogP contribution in [0.2, 0.25) is 5.15 Å². The quantitative estimate of drug-likeness (QED) is 0.356. The fourth-order valence-corrected chi connectivity index (χ4v) is 2.38. The first-order valence-electron chi connectivity index (χ1n) is 4.03. The summed E-state index contributed by atoms with van der Waals surface area (Å²) in [6, 6.07) is 2.16. The molecule has 6 nitrogen and oxygen atoms in total. The highest BCUT2D eigenvalue weighted by atomic mass is 35.5. The minimum Gasteiger partial charge on any atom is -0.258 e. The third-order valence-corrected chi connectivity index (χ3v) is 3.41. The van der Waals surface area contributed by atoms with E-state index in [1.165, 1.54) is 0 Å². The smallest absolute Gasteiger partial charge is 0.258 e. The van der Waals surface area contributed by atoms with Crippen LogP contribution < -0.4 is 0 Å². The highest BCUT2D eigenvalue weighted by Gasteiger charge is 2.26. The molecule has 86 valence electrons. The zero-order valence-corrected chi connectivity index (χ0v) is 9.53. The number of pyridine rings is 1. The minimum absolute atomic E-state index is 0.117. The van der Waals surface area contributed by atoms with Crippen molar-refractivity contribution in [1.82, 2.24) is 4.98 Å². The number of hydrogen-bond acceptors (Lipinski definition) is 5. The number of nitro groups is 1. The van der Waals surface area contributed by atoms with E-state index in [4.69, 9.17) is 11.6 Å². The van der Waals surface area contributed by atoms with Crippen molar-refractivity contribution in [2.24, 2.45) is 0 Å². The van der Waals surface area contributed by atoms with Crippen LogP contribution in [0.15, 0.2) is 29.8 Å². The van der Waals surface area contributed by atoms with Crippen LogP contribution in [0.5, 0.6) is 0 Å². The van der Waals surface area contributed by atoms with Crippen molar-refractivity contribution in [3.8, 4) is 0 Å². The summed E-state index contributed by atoms with van der Waals surface area (Å²) in [4.78, 5) is 13.3. The molecule has 0 N–H and O–H groups in total. The molecule has 1 aromatic rings. The molecule has 16 heavy (non-hydrogen) atoms. The van der Waals surface area contributed by atoms with Gasteiger partial charge in [-0.05, 0) is 6.07 Å². The molecule has 0 amide bonds. The summed E-state index contributed by atoms with van der Waals surface area (Å²) in [6.07, 6.45) is 1.13. The Hall–Kier alpha value is -1.47. The highest BCUT2D eigenvalue weighted by Crippen LogP contribution is 2.24. The van der Waals surface area contributed by atoms with Gasteiger partial charge in [-0.3, -0.25) is 10.1 Å². The van der Waals surface area contributed by atoms with E-state index < -0.39 is 31.2 Å². The van der Waals surface area contributed by atoms with Gasteiger partial charge >= 0.3 is 5.69 Å². The van der Waals surface area contributed by atoms with Crippen molar-refractivity contribution in [1.29, 1.82) is 0 Å². The van der Waals surface area contributed by atoms with Crippen molar-refractivity contribution in [2.45, 2.75) is 5.03 Å². The van der Waals surface area contributed by atoms with Gasteiger partial charge in [-0.1, -0.05) is 17.7 Å². The van der Waals surface area contributed by atoms with Crippen LogP contribution in [0.25, 0.3) is 0 Å². The summed E-state index contributed by atoms with van der Waals surface area (Å²) in [7, 11) is -3.86. The fourth-order valence-electron chi connectivity index (χ4n) is 1.01. The Kier molecular flexibility index (Phi) is 3.61. The summed E-state index contributed by atoms with van der Waals surface area (Å²) >= 11 is 5.50. The largest absolute Gasteiger partial charge is 0.306 e. The second-order valence-corrected chi connectivity index (χ2v) is 5.12. The van der Waals surface area contributed by atoms with Crippen LogP contribution in [0.1, 0.15) is 0 Å². The van der Waals surface area contributed by atoms with Crippen molar-refractivity contribution >= 4 is 27.1 Å². The molecule has 0 spiro atoms. The minimum atomic E-state index is -3.86. The number of sulfone groups is 1. The lowest BCUT2D eigenvalue weighted by Crippen LogP contribution is -2.10. The first-order chi connectivity index (χ1) is 7.38. The lowest BCUT2D eigenvalue weighted by atomic mass is 10.4. The van der Waals surface area contributed by atoms with Gasteiger partial charge in [-0.25, -0.2) is 13.4 Å². The zero-order valence-electron chi connectivity index (χ0n) is 7.96. The van der Waals surface area contributed by atoms with Gasteiger partial charge in [-0.2, -0.15) is 0 Å². The third kappa shape index (κ3) is 2.56. The fraction of sp³-hybridized carbons (Fsp3) is 0.125. The molecule has 1 rings (SSSR count).